The Morgan fingerprint density at radius 2 is 1.79 bits per heavy atom. The van der Waals surface area contributed by atoms with Crippen molar-refractivity contribution in [1.82, 2.24) is 0 Å². The molecule has 0 aromatic heterocycles. The van der Waals surface area contributed by atoms with Gasteiger partial charge in [-0.25, -0.2) is 8.78 Å². The first-order chi connectivity index (χ1) is 6.55. The van der Waals surface area contributed by atoms with Crippen LogP contribution in [0.5, 0.6) is 0 Å². The molecule has 1 atom stereocenters. The van der Waals surface area contributed by atoms with Crippen LogP contribution < -0.4 is 0 Å². The second-order valence-corrected chi connectivity index (χ2v) is 3.18. The summed E-state index contributed by atoms with van der Waals surface area (Å²) < 4.78 is 33.7. The molecule has 4 heteroatoms. The Bertz CT molecular complexity index is 130. The van der Waals surface area contributed by atoms with Crippen LogP contribution in [0.15, 0.2) is 0 Å². The van der Waals surface area contributed by atoms with E-state index in [4.69, 9.17) is 9.47 Å². The van der Waals surface area contributed by atoms with Crippen LogP contribution in [0.4, 0.5) is 8.78 Å². The summed E-state index contributed by atoms with van der Waals surface area (Å²) in [4.78, 5) is 0. The third kappa shape index (κ3) is 8.38. The maximum absolute atomic E-state index is 11.9. The molecular formula is C10H20F2O2. The standard InChI is InChI=1S/C5H10F2.C5H10O2/c1-3-5(6,7)4-2;1-2-6-3-5-4-7-5/h3-4H2,1-2H3;5H,2-4H2,1H3. The highest BCUT2D eigenvalue weighted by atomic mass is 19.3. The minimum atomic E-state index is -2.42. The van der Waals surface area contributed by atoms with Crippen LogP contribution in [0.3, 0.4) is 0 Å². The van der Waals surface area contributed by atoms with E-state index >= 15 is 0 Å². The van der Waals surface area contributed by atoms with E-state index in [0.717, 1.165) is 19.8 Å². The molecule has 1 fully saturated rings. The summed E-state index contributed by atoms with van der Waals surface area (Å²) in [6.07, 6.45) is 0.354. The molecule has 1 rings (SSSR count). The van der Waals surface area contributed by atoms with Crippen molar-refractivity contribution in [2.75, 3.05) is 19.8 Å². The van der Waals surface area contributed by atoms with Crippen molar-refractivity contribution in [1.29, 1.82) is 0 Å². The topological polar surface area (TPSA) is 21.8 Å². The van der Waals surface area contributed by atoms with Crippen molar-refractivity contribution in [3.05, 3.63) is 0 Å². The van der Waals surface area contributed by atoms with Crippen LogP contribution in [0.1, 0.15) is 33.6 Å². The van der Waals surface area contributed by atoms with E-state index in [9.17, 15) is 8.78 Å². The van der Waals surface area contributed by atoms with E-state index in [0.29, 0.717) is 6.10 Å². The molecule has 1 unspecified atom stereocenters. The summed E-state index contributed by atoms with van der Waals surface area (Å²) >= 11 is 0. The third-order valence-corrected chi connectivity index (χ3v) is 1.94. The van der Waals surface area contributed by atoms with Crippen molar-refractivity contribution in [2.45, 2.75) is 45.6 Å². The van der Waals surface area contributed by atoms with Gasteiger partial charge in [-0.1, -0.05) is 13.8 Å². The molecule has 0 aromatic rings. The molecule has 1 heterocycles. The quantitative estimate of drug-likeness (QED) is 0.651. The van der Waals surface area contributed by atoms with Crippen LogP contribution in [0.2, 0.25) is 0 Å². The van der Waals surface area contributed by atoms with E-state index in [1.807, 2.05) is 6.92 Å². The lowest BCUT2D eigenvalue weighted by Crippen LogP contribution is -2.10. The maximum Gasteiger partial charge on any atom is 0.247 e. The third-order valence-electron chi connectivity index (χ3n) is 1.94. The van der Waals surface area contributed by atoms with Gasteiger partial charge in [0.05, 0.1) is 13.2 Å². The second kappa shape index (κ2) is 7.12. The molecule has 2 nitrogen and oxygen atoms in total. The van der Waals surface area contributed by atoms with Gasteiger partial charge in [0.15, 0.2) is 0 Å². The molecule has 1 saturated heterocycles. The first-order valence-electron chi connectivity index (χ1n) is 5.12. The zero-order valence-electron chi connectivity index (χ0n) is 9.19. The number of rotatable bonds is 5. The first-order valence-corrected chi connectivity index (χ1v) is 5.12. The van der Waals surface area contributed by atoms with Crippen LogP contribution in [-0.4, -0.2) is 31.8 Å². The van der Waals surface area contributed by atoms with Gasteiger partial charge in [-0.2, -0.15) is 0 Å². The maximum atomic E-state index is 11.9. The van der Waals surface area contributed by atoms with E-state index < -0.39 is 5.92 Å². The van der Waals surface area contributed by atoms with Gasteiger partial charge in [-0.05, 0) is 6.92 Å². The van der Waals surface area contributed by atoms with Gasteiger partial charge in [0.1, 0.15) is 6.10 Å². The zero-order chi connectivity index (χ0) is 11.0. The van der Waals surface area contributed by atoms with E-state index in [2.05, 4.69) is 0 Å². The molecule has 0 saturated carbocycles. The minimum absolute atomic E-state index is 0.0382. The Morgan fingerprint density at radius 1 is 1.29 bits per heavy atom. The summed E-state index contributed by atoms with van der Waals surface area (Å²) in [6.45, 7) is 7.46. The Morgan fingerprint density at radius 3 is 2.00 bits per heavy atom. The molecule has 0 aromatic carbocycles. The van der Waals surface area contributed by atoms with Gasteiger partial charge in [0.25, 0.3) is 0 Å². The Kier molecular flexibility index (Phi) is 7.01. The smallest absolute Gasteiger partial charge is 0.247 e. The highest BCUT2D eigenvalue weighted by molar-refractivity contribution is 4.66. The Hall–Kier alpha value is -0.220. The molecule has 0 radical (unpaired) electrons. The van der Waals surface area contributed by atoms with Gasteiger partial charge in [0.2, 0.25) is 5.92 Å². The fourth-order valence-electron chi connectivity index (χ4n) is 0.664. The number of alkyl halides is 2. The summed E-state index contributed by atoms with van der Waals surface area (Å²) in [5.41, 5.74) is 0. The molecule has 0 amide bonds. The predicted molar refractivity (Wildman–Crippen MR) is 51.8 cm³/mol. The molecule has 86 valence electrons. The number of epoxide rings is 1. The summed E-state index contributed by atoms with van der Waals surface area (Å²) in [5, 5.41) is 0. The summed E-state index contributed by atoms with van der Waals surface area (Å²) in [7, 11) is 0. The predicted octanol–water partition coefficient (Wildman–Crippen LogP) is 2.86. The van der Waals surface area contributed by atoms with Crippen molar-refractivity contribution in [3.8, 4) is 0 Å². The number of hydrogen-bond acceptors (Lipinski definition) is 2. The van der Waals surface area contributed by atoms with E-state index in [1.54, 1.807) is 0 Å². The van der Waals surface area contributed by atoms with Gasteiger partial charge < -0.3 is 9.47 Å². The Balaban J connectivity index is 0.000000241. The van der Waals surface area contributed by atoms with Crippen molar-refractivity contribution in [2.24, 2.45) is 0 Å². The first kappa shape index (κ1) is 13.8. The number of halogens is 2. The molecule has 1 aliphatic rings. The fraction of sp³-hybridized carbons (Fsp3) is 1.00. The van der Waals surface area contributed by atoms with Crippen molar-refractivity contribution >= 4 is 0 Å². The summed E-state index contributed by atoms with van der Waals surface area (Å²) in [6, 6.07) is 0. The van der Waals surface area contributed by atoms with Crippen LogP contribution in [0.25, 0.3) is 0 Å². The minimum Gasteiger partial charge on any atom is -0.379 e. The van der Waals surface area contributed by atoms with Gasteiger partial charge in [0, 0.05) is 19.4 Å². The lowest BCUT2D eigenvalue weighted by molar-refractivity contribution is -0.00646. The Labute approximate surface area is 84.6 Å². The molecule has 0 bridgehead atoms. The average molecular weight is 210 g/mol. The van der Waals surface area contributed by atoms with Crippen molar-refractivity contribution < 1.29 is 18.3 Å². The number of ether oxygens (including phenoxy) is 2. The van der Waals surface area contributed by atoms with Gasteiger partial charge >= 0.3 is 0 Å². The molecule has 0 N–H and O–H groups in total. The molecule has 0 spiro atoms. The average Bonchev–Trinajstić information content (AvgIpc) is 2.99. The van der Waals surface area contributed by atoms with Gasteiger partial charge in [-0.3, -0.25) is 0 Å². The van der Waals surface area contributed by atoms with Crippen molar-refractivity contribution in [3.63, 3.8) is 0 Å². The van der Waals surface area contributed by atoms with Crippen LogP contribution >= 0.6 is 0 Å². The monoisotopic (exact) mass is 210 g/mol. The van der Waals surface area contributed by atoms with E-state index in [1.165, 1.54) is 13.8 Å². The van der Waals surface area contributed by atoms with Crippen LogP contribution in [-0.2, 0) is 9.47 Å². The van der Waals surface area contributed by atoms with E-state index in [-0.39, 0.29) is 12.8 Å². The molecule has 1 aliphatic heterocycles. The fourth-order valence-corrected chi connectivity index (χ4v) is 0.664. The van der Waals surface area contributed by atoms with Crippen LogP contribution in [0, 0.1) is 0 Å². The lowest BCUT2D eigenvalue weighted by atomic mass is 10.2. The highest BCUT2D eigenvalue weighted by Gasteiger charge is 2.22. The molecule has 14 heavy (non-hydrogen) atoms. The largest absolute Gasteiger partial charge is 0.379 e. The number of hydrogen-bond donors (Lipinski definition) is 0. The van der Waals surface area contributed by atoms with Gasteiger partial charge in [-0.15, -0.1) is 0 Å². The summed E-state index contributed by atoms with van der Waals surface area (Å²) in [5.74, 6) is -2.42. The molecule has 0 aliphatic carbocycles. The second-order valence-electron chi connectivity index (χ2n) is 3.18. The SMILES string of the molecule is CCC(F)(F)CC.CCOCC1CO1. The normalized spacial score (nSPS) is 19.9. The molecular weight excluding hydrogens is 190 g/mol. The zero-order valence-corrected chi connectivity index (χ0v) is 9.19. The lowest BCUT2D eigenvalue weighted by Gasteiger charge is -2.08. The highest BCUT2D eigenvalue weighted by Crippen LogP contribution is 2.20.